The monoisotopic (exact) mass is 151 g/mol. The third kappa shape index (κ3) is 1.65. The minimum Gasteiger partial charge on any atom is -0.391 e. The average Bonchev–Trinajstić information content (AvgIpc) is 2.46. The molecule has 0 heterocycles. The summed E-state index contributed by atoms with van der Waals surface area (Å²) in [6, 6.07) is 0. The molecule has 1 heteroatoms. The molecule has 0 aromatic heterocycles. The zero-order chi connectivity index (χ0) is 8.27. The van der Waals surface area contributed by atoms with E-state index in [9.17, 15) is 0 Å². The Balaban J connectivity index is 2.69. The third-order valence-electron chi connectivity index (χ3n) is 2.34. The van der Waals surface area contributed by atoms with E-state index in [1.807, 2.05) is 7.05 Å². The molecule has 1 N–H and O–H groups in total. The molecule has 0 bridgehead atoms. The molecular weight excluding hydrogens is 134 g/mol. The highest BCUT2D eigenvalue weighted by Gasteiger charge is 2.11. The fourth-order valence-electron chi connectivity index (χ4n) is 1.57. The molecule has 0 aliphatic heterocycles. The van der Waals surface area contributed by atoms with Crippen molar-refractivity contribution in [1.82, 2.24) is 5.32 Å². The fraction of sp³-hybridized carbons (Fsp3) is 0.600. The van der Waals surface area contributed by atoms with Crippen LogP contribution in [0.25, 0.3) is 0 Å². The Hall–Kier alpha value is -0.720. The second-order valence-electron chi connectivity index (χ2n) is 2.93. The van der Waals surface area contributed by atoms with Crippen LogP contribution in [0.2, 0.25) is 0 Å². The lowest BCUT2D eigenvalue weighted by Gasteiger charge is -2.01. The average molecular weight is 151 g/mol. The summed E-state index contributed by atoms with van der Waals surface area (Å²) in [5, 5.41) is 3.21. The highest BCUT2D eigenvalue weighted by molar-refractivity contribution is 5.37. The van der Waals surface area contributed by atoms with Gasteiger partial charge in [-0.3, -0.25) is 0 Å². The molecule has 0 saturated heterocycles. The van der Waals surface area contributed by atoms with E-state index in [2.05, 4.69) is 25.2 Å². The van der Waals surface area contributed by atoms with Gasteiger partial charge in [-0.2, -0.15) is 0 Å². The van der Waals surface area contributed by atoms with E-state index >= 15 is 0 Å². The van der Waals surface area contributed by atoms with Gasteiger partial charge in [-0.15, -0.1) is 0 Å². The van der Waals surface area contributed by atoms with Crippen LogP contribution < -0.4 is 5.32 Å². The smallest absolute Gasteiger partial charge is 0.0148 e. The Morgan fingerprint density at radius 2 is 2.09 bits per heavy atom. The second kappa shape index (κ2) is 3.61. The summed E-state index contributed by atoms with van der Waals surface area (Å²) in [6.07, 6.45) is 5.81. The summed E-state index contributed by atoms with van der Waals surface area (Å²) < 4.78 is 0. The van der Waals surface area contributed by atoms with Crippen molar-refractivity contribution in [3.63, 3.8) is 0 Å². The lowest BCUT2D eigenvalue weighted by Crippen LogP contribution is -2.03. The first-order valence-electron chi connectivity index (χ1n) is 4.41. The van der Waals surface area contributed by atoms with Gasteiger partial charge in [-0.05, 0) is 24.5 Å². The zero-order valence-electron chi connectivity index (χ0n) is 7.70. The van der Waals surface area contributed by atoms with Crippen LogP contribution in [0, 0.1) is 0 Å². The summed E-state index contributed by atoms with van der Waals surface area (Å²) in [5.41, 5.74) is 4.52. The number of hydrogen-bond donors (Lipinski definition) is 1. The quantitative estimate of drug-likeness (QED) is 0.653. The van der Waals surface area contributed by atoms with E-state index in [4.69, 9.17) is 0 Å². The van der Waals surface area contributed by atoms with Crippen molar-refractivity contribution in [3.8, 4) is 0 Å². The molecule has 0 saturated carbocycles. The van der Waals surface area contributed by atoms with E-state index in [1.165, 1.54) is 24.1 Å². The number of nitrogens with one attached hydrogen (secondary N) is 1. The molecule has 0 amide bonds. The normalized spacial score (nSPS) is 17.2. The summed E-state index contributed by atoms with van der Waals surface area (Å²) in [7, 11) is 2.00. The molecule has 1 aliphatic carbocycles. The first-order chi connectivity index (χ1) is 5.31. The van der Waals surface area contributed by atoms with Crippen LogP contribution in [-0.4, -0.2) is 7.05 Å². The maximum absolute atomic E-state index is 3.21. The summed E-state index contributed by atoms with van der Waals surface area (Å²) in [6.45, 7) is 4.46. The van der Waals surface area contributed by atoms with E-state index < -0.39 is 0 Å². The molecule has 0 aromatic carbocycles. The first-order valence-corrected chi connectivity index (χ1v) is 4.41. The van der Waals surface area contributed by atoms with Crippen molar-refractivity contribution >= 4 is 0 Å². The topological polar surface area (TPSA) is 12.0 Å². The summed E-state index contributed by atoms with van der Waals surface area (Å²) in [5.74, 6) is 0. The fourth-order valence-corrected chi connectivity index (χ4v) is 1.57. The van der Waals surface area contributed by atoms with E-state index in [-0.39, 0.29) is 0 Å². The molecule has 0 atom stereocenters. The van der Waals surface area contributed by atoms with Gasteiger partial charge in [0.25, 0.3) is 0 Å². The Kier molecular flexibility index (Phi) is 2.75. The van der Waals surface area contributed by atoms with Crippen LogP contribution in [0.1, 0.15) is 33.1 Å². The van der Waals surface area contributed by atoms with Gasteiger partial charge in [0.2, 0.25) is 0 Å². The molecular formula is C10H17N. The van der Waals surface area contributed by atoms with Gasteiger partial charge in [0.1, 0.15) is 0 Å². The number of rotatable bonds is 3. The minimum atomic E-state index is 1.15. The molecule has 11 heavy (non-hydrogen) atoms. The molecule has 0 spiro atoms. The Labute approximate surface area is 69.2 Å². The molecule has 0 fully saturated rings. The van der Waals surface area contributed by atoms with Crippen LogP contribution in [0.4, 0.5) is 0 Å². The van der Waals surface area contributed by atoms with Crippen molar-refractivity contribution in [2.24, 2.45) is 0 Å². The van der Waals surface area contributed by atoms with Gasteiger partial charge >= 0.3 is 0 Å². The van der Waals surface area contributed by atoms with E-state index in [1.54, 1.807) is 5.57 Å². The first kappa shape index (κ1) is 8.38. The van der Waals surface area contributed by atoms with Gasteiger partial charge in [-0.25, -0.2) is 0 Å². The third-order valence-corrected chi connectivity index (χ3v) is 2.34. The lowest BCUT2D eigenvalue weighted by molar-refractivity contribution is 0.898. The highest BCUT2D eigenvalue weighted by atomic mass is 14.8. The SMILES string of the molecule is CCC1=C(CC)CC(NC)=C1. The van der Waals surface area contributed by atoms with Gasteiger partial charge in [-0.1, -0.05) is 19.4 Å². The van der Waals surface area contributed by atoms with Gasteiger partial charge in [0.15, 0.2) is 0 Å². The van der Waals surface area contributed by atoms with Crippen LogP contribution >= 0.6 is 0 Å². The van der Waals surface area contributed by atoms with Crippen LogP contribution in [-0.2, 0) is 0 Å². The number of hydrogen-bond acceptors (Lipinski definition) is 1. The predicted molar refractivity (Wildman–Crippen MR) is 49.4 cm³/mol. The van der Waals surface area contributed by atoms with E-state index in [0.29, 0.717) is 0 Å². The molecule has 0 aromatic rings. The standard InChI is InChI=1S/C10H17N/c1-4-8-6-10(11-3)7-9(8)5-2/h6,11H,4-5,7H2,1-3H3. The molecule has 1 aliphatic rings. The highest BCUT2D eigenvalue weighted by Crippen LogP contribution is 2.27. The summed E-state index contributed by atoms with van der Waals surface area (Å²) >= 11 is 0. The predicted octanol–water partition coefficient (Wildman–Crippen LogP) is 2.61. The van der Waals surface area contributed by atoms with Crippen molar-refractivity contribution in [2.45, 2.75) is 33.1 Å². The van der Waals surface area contributed by atoms with Gasteiger partial charge < -0.3 is 5.32 Å². The van der Waals surface area contributed by atoms with Gasteiger partial charge in [0.05, 0.1) is 0 Å². The van der Waals surface area contributed by atoms with Crippen molar-refractivity contribution < 1.29 is 0 Å². The molecule has 0 unspecified atom stereocenters. The number of allylic oxidation sites excluding steroid dienone is 3. The van der Waals surface area contributed by atoms with Gasteiger partial charge in [0, 0.05) is 19.2 Å². The largest absolute Gasteiger partial charge is 0.391 e. The molecule has 1 rings (SSSR count). The second-order valence-corrected chi connectivity index (χ2v) is 2.93. The van der Waals surface area contributed by atoms with E-state index in [0.717, 1.165) is 6.42 Å². The summed E-state index contributed by atoms with van der Waals surface area (Å²) in [4.78, 5) is 0. The van der Waals surface area contributed by atoms with Crippen molar-refractivity contribution in [3.05, 3.63) is 22.9 Å². The van der Waals surface area contributed by atoms with Crippen molar-refractivity contribution in [2.75, 3.05) is 7.05 Å². The zero-order valence-corrected chi connectivity index (χ0v) is 7.70. The maximum atomic E-state index is 3.21. The molecule has 1 nitrogen and oxygen atoms in total. The van der Waals surface area contributed by atoms with Crippen molar-refractivity contribution in [1.29, 1.82) is 0 Å². The minimum absolute atomic E-state index is 1.15. The Morgan fingerprint density at radius 1 is 1.36 bits per heavy atom. The lowest BCUT2D eigenvalue weighted by atomic mass is 10.1. The maximum Gasteiger partial charge on any atom is 0.0148 e. The molecule has 62 valence electrons. The Bertz CT molecular complexity index is 199. The van der Waals surface area contributed by atoms with Crippen LogP contribution in [0.15, 0.2) is 22.9 Å². The van der Waals surface area contributed by atoms with Crippen LogP contribution in [0.5, 0.6) is 0 Å². The molecule has 0 radical (unpaired) electrons. The van der Waals surface area contributed by atoms with Crippen LogP contribution in [0.3, 0.4) is 0 Å². The Morgan fingerprint density at radius 3 is 2.45 bits per heavy atom.